The third-order valence-corrected chi connectivity index (χ3v) is 3.19. The van der Waals surface area contributed by atoms with Crippen LogP contribution in [-0.2, 0) is 6.54 Å². The Morgan fingerprint density at radius 2 is 2.35 bits per heavy atom. The van der Waals surface area contributed by atoms with Gasteiger partial charge < -0.3 is 4.90 Å². The number of amides is 1. The fourth-order valence-electron chi connectivity index (χ4n) is 1.35. The maximum absolute atomic E-state index is 12.0. The van der Waals surface area contributed by atoms with Gasteiger partial charge in [-0.3, -0.25) is 9.78 Å². The molecule has 2 rings (SSSR count). The maximum Gasteiger partial charge on any atom is 0.274 e. The summed E-state index contributed by atoms with van der Waals surface area (Å²) in [6, 6.07) is 3.94. The van der Waals surface area contributed by atoms with Gasteiger partial charge in [-0.05, 0) is 11.4 Å². The highest BCUT2D eigenvalue weighted by Crippen LogP contribution is 2.12. The molecule has 0 aliphatic heterocycles. The molecule has 88 valence electrons. The van der Waals surface area contributed by atoms with Crippen molar-refractivity contribution in [1.82, 2.24) is 14.9 Å². The van der Waals surface area contributed by atoms with Crippen molar-refractivity contribution in [2.24, 2.45) is 0 Å². The zero-order valence-electron chi connectivity index (χ0n) is 9.13. The second-order valence-electron chi connectivity index (χ2n) is 3.47. The Hall–Kier alpha value is -1.46. The van der Waals surface area contributed by atoms with Crippen molar-refractivity contribution >= 4 is 28.8 Å². The normalized spacial score (nSPS) is 10.2. The third kappa shape index (κ3) is 3.01. The van der Waals surface area contributed by atoms with E-state index in [1.165, 1.54) is 12.4 Å². The minimum Gasteiger partial charge on any atom is -0.335 e. The Morgan fingerprint density at radius 1 is 1.53 bits per heavy atom. The van der Waals surface area contributed by atoms with Gasteiger partial charge in [-0.1, -0.05) is 17.7 Å². The molecule has 0 fully saturated rings. The zero-order valence-corrected chi connectivity index (χ0v) is 10.7. The quantitative estimate of drug-likeness (QED) is 0.858. The molecule has 0 aliphatic rings. The van der Waals surface area contributed by atoms with E-state index >= 15 is 0 Å². The minimum atomic E-state index is -0.187. The van der Waals surface area contributed by atoms with E-state index in [4.69, 9.17) is 11.6 Å². The summed E-state index contributed by atoms with van der Waals surface area (Å²) in [7, 11) is 1.73. The molecular formula is C11H10ClN3OS. The lowest BCUT2D eigenvalue weighted by atomic mass is 10.3. The van der Waals surface area contributed by atoms with Crippen molar-refractivity contribution in [1.29, 1.82) is 0 Å². The molecule has 0 saturated heterocycles. The molecule has 0 aromatic carbocycles. The predicted molar refractivity (Wildman–Crippen MR) is 67.2 cm³/mol. The molecule has 0 saturated carbocycles. The average molecular weight is 268 g/mol. The number of hydrogen-bond donors (Lipinski definition) is 0. The molecule has 17 heavy (non-hydrogen) atoms. The highest BCUT2D eigenvalue weighted by atomic mass is 35.5. The molecule has 0 spiro atoms. The summed E-state index contributed by atoms with van der Waals surface area (Å²) < 4.78 is 0. The lowest BCUT2D eigenvalue weighted by Gasteiger charge is -2.15. The van der Waals surface area contributed by atoms with Crippen molar-refractivity contribution in [3.8, 4) is 0 Å². The third-order valence-electron chi connectivity index (χ3n) is 2.14. The molecule has 0 bridgehead atoms. The molecule has 0 unspecified atom stereocenters. The van der Waals surface area contributed by atoms with Gasteiger partial charge in [-0.2, -0.15) is 0 Å². The van der Waals surface area contributed by atoms with E-state index in [9.17, 15) is 4.79 Å². The van der Waals surface area contributed by atoms with Gasteiger partial charge in [0.05, 0.1) is 18.9 Å². The zero-order chi connectivity index (χ0) is 12.3. The molecule has 0 N–H and O–H groups in total. The Bertz CT molecular complexity index is 515. The predicted octanol–water partition coefficient (Wildman–Crippen LogP) is 2.46. The summed E-state index contributed by atoms with van der Waals surface area (Å²) in [4.78, 5) is 22.5. The number of thiophene rings is 1. The van der Waals surface area contributed by atoms with Crippen LogP contribution in [0.4, 0.5) is 0 Å². The van der Waals surface area contributed by atoms with Gasteiger partial charge in [0.2, 0.25) is 0 Å². The number of carbonyl (C=O) groups is 1. The van der Waals surface area contributed by atoms with E-state index in [-0.39, 0.29) is 16.8 Å². The van der Waals surface area contributed by atoms with E-state index in [0.29, 0.717) is 6.54 Å². The fraction of sp³-hybridized carbons (Fsp3) is 0.182. The summed E-state index contributed by atoms with van der Waals surface area (Å²) in [5.41, 5.74) is 0.261. The van der Waals surface area contributed by atoms with E-state index in [1.807, 2.05) is 17.5 Å². The lowest BCUT2D eigenvalue weighted by Crippen LogP contribution is -2.26. The number of nitrogens with zero attached hydrogens (tertiary/aromatic N) is 3. The van der Waals surface area contributed by atoms with Crippen molar-refractivity contribution in [3.63, 3.8) is 0 Å². The van der Waals surface area contributed by atoms with Gasteiger partial charge >= 0.3 is 0 Å². The molecule has 1 amide bonds. The highest BCUT2D eigenvalue weighted by molar-refractivity contribution is 7.09. The molecule has 4 nitrogen and oxygen atoms in total. The van der Waals surface area contributed by atoms with E-state index in [0.717, 1.165) is 4.88 Å². The highest BCUT2D eigenvalue weighted by Gasteiger charge is 2.14. The van der Waals surface area contributed by atoms with Crippen LogP contribution in [0.25, 0.3) is 0 Å². The van der Waals surface area contributed by atoms with Crippen LogP contribution >= 0.6 is 22.9 Å². The Labute approximate surface area is 108 Å². The summed E-state index contributed by atoms with van der Waals surface area (Å²) in [6.45, 7) is 0.560. The largest absolute Gasteiger partial charge is 0.335 e. The first-order valence-corrected chi connectivity index (χ1v) is 6.18. The van der Waals surface area contributed by atoms with E-state index < -0.39 is 0 Å². The van der Waals surface area contributed by atoms with Gasteiger partial charge in [0.15, 0.2) is 0 Å². The summed E-state index contributed by atoms with van der Waals surface area (Å²) in [6.07, 6.45) is 2.82. The van der Waals surface area contributed by atoms with Crippen molar-refractivity contribution < 1.29 is 4.79 Å². The van der Waals surface area contributed by atoms with Crippen molar-refractivity contribution in [3.05, 3.63) is 45.6 Å². The first kappa shape index (κ1) is 12.0. The summed E-state index contributed by atoms with van der Waals surface area (Å²) in [5.74, 6) is -0.187. The molecule has 2 heterocycles. The number of carbonyl (C=O) groups excluding carboxylic acids is 1. The first-order valence-electron chi connectivity index (χ1n) is 4.92. The molecule has 0 aliphatic carbocycles. The molecule has 0 atom stereocenters. The number of hydrogen-bond acceptors (Lipinski definition) is 4. The first-order chi connectivity index (χ1) is 8.16. The minimum absolute atomic E-state index is 0.187. The van der Waals surface area contributed by atoms with Gasteiger partial charge in [-0.25, -0.2) is 4.98 Å². The van der Waals surface area contributed by atoms with Gasteiger partial charge in [-0.15, -0.1) is 11.3 Å². The van der Waals surface area contributed by atoms with Gasteiger partial charge in [0.1, 0.15) is 10.8 Å². The van der Waals surface area contributed by atoms with Crippen LogP contribution in [0.2, 0.25) is 5.15 Å². The van der Waals surface area contributed by atoms with Crippen LogP contribution in [-0.4, -0.2) is 27.8 Å². The number of aromatic nitrogens is 2. The second-order valence-corrected chi connectivity index (χ2v) is 4.89. The van der Waals surface area contributed by atoms with Crippen molar-refractivity contribution in [2.75, 3.05) is 7.05 Å². The average Bonchev–Trinajstić information content (AvgIpc) is 2.80. The molecular weight excluding hydrogens is 258 g/mol. The lowest BCUT2D eigenvalue weighted by molar-refractivity contribution is 0.0780. The summed E-state index contributed by atoms with van der Waals surface area (Å²) >= 11 is 7.31. The molecule has 2 aromatic rings. The second kappa shape index (κ2) is 5.25. The molecule has 6 heteroatoms. The number of halogens is 1. The molecule has 0 radical (unpaired) electrons. The number of rotatable bonds is 3. The van der Waals surface area contributed by atoms with Crippen LogP contribution in [0.1, 0.15) is 15.4 Å². The standard InChI is InChI=1S/C11H10ClN3OS/c1-15(7-8-3-2-4-17-8)11(16)9-5-13-6-10(12)14-9/h2-6H,7H2,1H3. The monoisotopic (exact) mass is 267 g/mol. The topological polar surface area (TPSA) is 46.1 Å². The SMILES string of the molecule is CN(Cc1cccs1)C(=O)c1cncc(Cl)n1. The fourth-order valence-corrected chi connectivity index (χ4v) is 2.25. The van der Waals surface area contributed by atoms with Crippen LogP contribution < -0.4 is 0 Å². The Morgan fingerprint density at radius 3 is 3.00 bits per heavy atom. The van der Waals surface area contributed by atoms with Gasteiger partial charge in [0, 0.05) is 11.9 Å². The smallest absolute Gasteiger partial charge is 0.274 e. The molecule has 2 aromatic heterocycles. The van der Waals surface area contributed by atoms with E-state index in [2.05, 4.69) is 9.97 Å². The Balaban J connectivity index is 2.09. The van der Waals surface area contributed by atoms with Crippen LogP contribution in [0.5, 0.6) is 0 Å². The summed E-state index contributed by atoms with van der Waals surface area (Å²) in [5, 5.41) is 2.20. The maximum atomic E-state index is 12.0. The Kier molecular flexibility index (Phi) is 3.71. The van der Waals surface area contributed by atoms with Crippen molar-refractivity contribution in [2.45, 2.75) is 6.54 Å². The van der Waals surface area contributed by atoms with Gasteiger partial charge in [0.25, 0.3) is 5.91 Å². The van der Waals surface area contributed by atoms with E-state index in [1.54, 1.807) is 23.3 Å². The van der Waals surface area contributed by atoms with Crippen LogP contribution in [0.3, 0.4) is 0 Å². The van der Waals surface area contributed by atoms with Crippen LogP contribution in [0, 0.1) is 0 Å². The van der Waals surface area contributed by atoms with Crippen LogP contribution in [0.15, 0.2) is 29.9 Å².